The summed E-state index contributed by atoms with van der Waals surface area (Å²) < 4.78 is 40.6. The predicted molar refractivity (Wildman–Crippen MR) is 96.5 cm³/mol. The molecule has 0 N–H and O–H groups in total. The van der Waals surface area contributed by atoms with Gasteiger partial charge in [-0.25, -0.2) is 12.8 Å². The molecule has 1 saturated heterocycles. The number of sulfonamides is 1. The Labute approximate surface area is 148 Å². The second-order valence-electron chi connectivity index (χ2n) is 6.40. The van der Waals surface area contributed by atoms with E-state index < -0.39 is 10.0 Å². The molecule has 1 fully saturated rings. The minimum absolute atomic E-state index is 0.178. The summed E-state index contributed by atoms with van der Waals surface area (Å²) in [6, 6.07) is 13.8. The Morgan fingerprint density at radius 1 is 0.960 bits per heavy atom. The Balaban J connectivity index is 1.56. The molecule has 3 rings (SSSR count). The molecule has 2 aromatic carbocycles. The minimum atomic E-state index is -3.43. The molecule has 0 aromatic heterocycles. The van der Waals surface area contributed by atoms with Crippen LogP contribution in [0.4, 0.5) is 4.39 Å². The zero-order valence-electron chi connectivity index (χ0n) is 14.4. The van der Waals surface area contributed by atoms with E-state index in [2.05, 4.69) is 4.90 Å². The zero-order chi connectivity index (χ0) is 17.9. The molecule has 0 bridgehead atoms. The van der Waals surface area contributed by atoms with Crippen LogP contribution in [-0.2, 0) is 16.4 Å². The second-order valence-corrected chi connectivity index (χ2v) is 8.34. The lowest BCUT2D eigenvalue weighted by molar-refractivity contribution is 0.190. The van der Waals surface area contributed by atoms with Gasteiger partial charge in [-0.3, -0.25) is 0 Å². The molecule has 6 heteroatoms. The van der Waals surface area contributed by atoms with Gasteiger partial charge in [-0.05, 0) is 37.1 Å². The normalized spacial score (nSPS) is 16.9. The number of aryl methyl sites for hydroxylation is 1. The van der Waals surface area contributed by atoms with E-state index in [4.69, 9.17) is 0 Å². The SMILES string of the molecule is Cc1ccc(S(=O)(=O)N2CCN(CCc3ccccc3F)CC2)cc1. The lowest BCUT2D eigenvalue weighted by Crippen LogP contribution is -2.49. The number of halogens is 1. The van der Waals surface area contributed by atoms with Crippen LogP contribution in [0, 0.1) is 12.7 Å². The van der Waals surface area contributed by atoms with E-state index in [-0.39, 0.29) is 5.82 Å². The zero-order valence-corrected chi connectivity index (χ0v) is 15.2. The maximum Gasteiger partial charge on any atom is 0.243 e. The van der Waals surface area contributed by atoms with Crippen LogP contribution in [0.25, 0.3) is 0 Å². The summed E-state index contributed by atoms with van der Waals surface area (Å²) in [4.78, 5) is 2.53. The van der Waals surface area contributed by atoms with Crippen molar-refractivity contribution in [3.05, 3.63) is 65.5 Å². The fraction of sp³-hybridized carbons (Fsp3) is 0.368. The topological polar surface area (TPSA) is 40.6 Å². The van der Waals surface area contributed by atoms with E-state index in [0.29, 0.717) is 43.1 Å². The first kappa shape index (κ1) is 18.0. The van der Waals surface area contributed by atoms with Crippen molar-refractivity contribution < 1.29 is 12.8 Å². The molecule has 134 valence electrons. The lowest BCUT2D eigenvalue weighted by atomic mass is 10.1. The Morgan fingerprint density at radius 3 is 2.24 bits per heavy atom. The van der Waals surface area contributed by atoms with Gasteiger partial charge < -0.3 is 4.90 Å². The second kappa shape index (κ2) is 7.64. The third kappa shape index (κ3) is 4.26. The Kier molecular flexibility index (Phi) is 5.51. The molecular weight excluding hydrogens is 339 g/mol. The van der Waals surface area contributed by atoms with Gasteiger partial charge in [0.1, 0.15) is 5.82 Å². The summed E-state index contributed by atoms with van der Waals surface area (Å²) in [5.41, 5.74) is 1.74. The third-order valence-corrected chi connectivity index (χ3v) is 6.56. The van der Waals surface area contributed by atoms with E-state index >= 15 is 0 Å². The maximum atomic E-state index is 13.7. The van der Waals surface area contributed by atoms with E-state index in [1.54, 1.807) is 24.3 Å². The lowest BCUT2D eigenvalue weighted by Gasteiger charge is -2.34. The number of rotatable bonds is 5. The molecule has 0 atom stereocenters. The molecule has 1 aliphatic rings. The monoisotopic (exact) mass is 362 g/mol. The van der Waals surface area contributed by atoms with Crippen LogP contribution in [0.2, 0.25) is 0 Å². The van der Waals surface area contributed by atoms with E-state index in [1.807, 2.05) is 25.1 Å². The summed E-state index contributed by atoms with van der Waals surface area (Å²) in [6.07, 6.45) is 0.636. The molecular formula is C19H23FN2O2S. The number of nitrogens with zero attached hydrogens (tertiary/aromatic N) is 2. The molecule has 4 nitrogen and oxygen atoms in total. The number of benzene rings is 2. The van der Waals surface area contributed by atoms with Crippen molar-refractivity contribution in [2.75, 3.05) is 32.7 Å². The largest absolute Gasteiger partial charge is 0.300 e. The van der Waals surface area contributed by atoms with Crippen molar-refractivity contribution in [2.45, 2.75) is 18.2 Å². The molecule has 25 heavy (non-hydrogen) atoms. The van der Waals surface area contributed by atoms with Gasteiger partial charge in [0.25, 0.3) is 0 Å². The van der Waals surface area contributed by atoms with Gasteiger partial charge in [0.2, 0.25) is 10.0 Å². The van der Waals surface area contributed by atoms with E-state index in [1.165, 1.54) is 10.4 Å². The summed E-state index contributed by atoms with van der Waals surface area (Å²) in [5.74, 6) is -0.178. The number of piperazine rings is 1. The van der Waals surface area contributed by atoms with Crippen molar-refractivity contribution in [1.82, 2.24) is 9.21 Å². The van der Waals surface area contributed by atoms with Gasteiger partial charge in [-0.2, -0.15) is 4.31 Å². The summed E-state index contributed by atoms with van der Waals surface area (Å²) >= 11 is 0. The summed E-state index contributed by atoms with van der Waals surface area (Å²) in [7, 11) is -3.43. The highest BCUT2D eigenvalue weighted by molar-refractivity contribution is 7.89. The first-order valence-electron chi connectivity index (χ1n) is 8.49. The van der Waals surface area contributed by atoms with Crippen molar-refractivity contribution in [3.8, 4) is 0 Å². The van der Waals surface area contributed by atoms with Gasteiger partial charge >= 0.3 is 0 Å². The summed E-state index contributed by atoms with van der Waals surface area (Å²) in [5, 5.41) is 0. The molecule has 2 aromatic rings. The van der Waals surface area contributed by atoms with Gasteiger partial charge in [0.05, 0.1) is 4.90 Å². The smallest absolute Gasteiger partial charge is 0.243 e. The Morgan fingerprint density at radius 2 is 1.60 bits per heavy atom. The van der Waals surface area contributed by atoms with Crippen LogP contribution in [-0.4, -0.2) is 50.3 Å². The van der Waals surface area contributed by atoms with Gasteiger partial charge in [0, 0.05) is 32.7 Å². The highest BCUT2D eigenvalue weighted by atomic mass is 32.2. The third-order valence-electron chi connectivity index (χ3n) is 4.65. The number of hydrogen-bond donors (Lipinski definition) is 0. The standard InChI is InChI=1S/C19H23FN2O2S/c1-16-6-8-18(9-7-16)25(23,24)22-14-12-21(13-15-22)11-10-17-4-2-3-5-19(17)20/h2-9H,10-15H2,1H3. The average molecular weight is 362 g/mol. The maximum absolute atomic E-state index is 13.7. The molecule has 0 radical (unpaired) electrons. The van der Waals surface area contributed by atoms with Crippen LogP contribution >= 0.6 is 0 Å². The first-order valence-corrected chi connectivity index (χ1v) is 9.93. The molecule has 0 aliphatic carbocycles. The minimum Gasteiger partial charge on any atom is -0.300 e. The Bertz CT molecular complexity index is 814. The molecule has 1 heterocycles. The number of hydrogen-bond acceptors (Lipinski definition) is 3. The van der Waals surface area contributed by atoms with Crippen LogP contribution in [0.3, 0.4) is 0 Å². The Hall–Kier alpha value is -1.76. The van der Waals surface area contributed by atoms with Crippen LogP contribution in [0.15, 0.2) is 53.4 Å². The van der Waals surface area contributed by atoms with Gasteiger partial charge in [-0.15, -0.1) is 0 Å². The quantitative estimate of drug-likeness (QED) is 0.821. The van der Waals surface area contributed by atoms with E-state index in [9.17, 15) is 12.8 Å². The van der Waals surface area contributed by atoms with Crippen LogP contribution < -0.4 is 0 Å². The van der Waals surface area contributed by atoms with Gasteiger partial charge in [0.15, 0.2) is 0 Å². The first-order chi connectivity index (χ1) is 12.0. The summed E-state index contributed by atoms with van der Waals surface area (Å²) in [6.45, 7) is 4.93. The van der Waals surface area contributed by atoms with E-state index in [0.717, 1.165) is 12.1 Å². The molecule has 0 amide bonds. The fourth-order valence-electron chi connectivity index (χ4n) is 3.03. The van der Waals surface area contributed by atoms with Crippen LogP contribution in [0.5, 0.6) is 0 Å². The average Bonchev–Trinajstić information content (AvgIpc) is 2.62. The molecule has 0 saturated carbocycles. The van der Waals surface area contributed by atoms with Crippen molar-refractivity contribution in [2.24, 2.45) is 0 Å². The highest BCUT2D eigenvalue weighted by Crippen LogP contribution is 2.18. The molecule has 0 spiro atoms. The molecule has 0 unspecified atom stereocenters. The van der Waals surface area contributed by atoms with Crippen molar-refractivity contribution >= 4 is 10.0 Å². The van der Waals surface area contributed by atoms with Crippen LogP contribution in [0.1, 0.15) is 11.1 Å². The molecule has 1 aliphatic heterocycles. The van der Waals surface area contributed by atoms with Crippen molar-refractivity contribution in [1.29, 1.82) is 0 Å². The fourth-order valence-corrected chi connectivity index (χ4v) is 4.45. The van der Waals surface area contributed by atoms with Gasteiger partial charge in [-0.1, -0.05) is 35.9 Å². The predicted octanol–water partition coefficient (Wildman–Crippen LogP) is 2.68. The highest BCUT2D eigenvalue weighted by Gasteiger charge is 2.28. The van der Waals surface area contributed by atoms with Crippen molar-refractivity contribution in [3.63, 3.8) is 0 Å².